The zero-order valence-corrected chi connectivity index (χ0v) is 20.1. The van der Waals surface area contributed by atoms with E-state index in [1.165, 1.54) is 11.8 Å². The van der Waals surface area contributed by atoms with E-state index >= 15 is 0 Å². The maximum Gasteiger partial charge on any atom is 0.235 e. The number of nitrogens with zero attached hydrogens (tertiary/aromatic N) is 2. The molecule has 178 valence electrons. The molecular formula is C26H30N4O3S. The molecule has 0 saturated heterocycles. The van der Waals surface area contributed by atoms with Gasteiger partial charge < -0.3 is 20.5 Å². The maximum atomic E-state index is 11.6. The molecule has 3 aromatic rings. The van der Waals surface area contributed by atoms with Crippen molar-refractivity contribution >= 4 is 34.4 Å². The van der Waals surface area contributed by atoms with Crippen LogP contribution in [0.3, 0.4) is 0 Å². The van der Waals surface area contributed by atoms with E-state index in [-0.39, 0.29) is 12.0 Å². The number of aliphatic hydroxyl groups is 1. The number of fused-ring (bicyclic) bond motifs is 2. The van der Waals surface area contributed by atoms with Gasteiger partial charge in [0.15, 0.2) is 0 Å². The molecule has 0 bridgehead atoms. The SMILES string of the molecule is COc1cnc2cccc(CC(O)[C@H]3CC[C@H](NCc4ccc5c(n4)NC(=O)CS5)CC3)c2c1. The van der Waals surface area contributed by atoms with E-state index in [0.717, 1.165) is 58.5 Å². The molecule has 0 radical (unpaired) electrons. The number of hydrogen-bond donors (Lipinski definition) is 3. The number of aromatic nitrogens is 2. The smallest absolute Gasteiger partial charge is 0.235 e. The molecule has 1 unspecified atom stereocenters. The number of thioether (sulfide) groups is 1. The lowest BCUT2D eigenvalue weighted by molar-refractivity contribution is -0.113. The van der Waals surface area contributed by atoms with Crippen LogP contribution in [0.4, 0.5) is 5.82 Å². The summed E-state index contributed by atoms with van der Waals surface area (Å²) in [5, 5.41) is 18.5. The standard InChI is InChI=1S/C26H30N4O3S/c1-33-20-12-21-17(3-2-4-22(21)28-14-20)11-23(31)16-5-7-18(8-6-16)27-13-19-9-10-24-26(29-19)30-25(32)15-34-24/h2-4,9-10,12,14,16,18,23,27,31H,5-8,11,13,15H2,1H3,(H,29,30,32)/t16-,18-,23?. The fraction of sp³-hybridized carbons (Fsp3) is 0.423. The van der Waals surface area contributed by atoms with E-state index in [1.807, 2.05) is 30.3 Å². The summed E-state index contributed by atoms with van der Waals surface area (Å²) in [7, 11) is 1.64. The molecule has 1 saturated carbocycles. The quantitative estimate of drug-likeness (QED) is 0.473. The fourth-order valence-corrected chi connectivity index (χ4v) is 5.69. The van der Waals surface area contributed by atoms with Crippen LogP contribution in [-0.4, -0.2) is 46.0 Å². The van der Waals surface area contributed by atoms with Crippen molar-refractivity contribution in [3.05, 3.63) is 53.9 Å². The van der Waals surface area contributed by atoms with Gasteiger partial charge in [0.25, 0.3) is 0 Å². The normalized spacial score (nSPS) is 21.1. The van der Waals surface area contributed by atoms with Crippen molar-refractivity contribution < 1.29 is 14.6 Å². The molecule has 3 heterocycles. The van der Waals surface area contributed by atoms with Gasteiger partial charge in [-0.15, -0.1) is 11.8 Å². The molecule has 1 amide bonds. The van der Waals surface area contributed by atoms with Crippen LogP contribution in [0.25, 0.3) is 10.9 Å². The van der Waals surface area contributed by atoms with Crippen molar-refractivity contribution in [2.45, 2.75) is 55.7 Å². The van der Waals surface area contributed by atoms with Gasteiger partial charge >= 0.3 is 0 Å². The first kappa shape index (κ1) is 23.1. The number of pyridine rings is 2. The highest BCUT2D eigenvalue weighted by Gasteiger charge is 2.27. The largest absolute Gasteiger partial charge is 0.495 e. The van der Waals surface area contributed by atoms with Crippen molar-refractivity contribution in [2.75, 3.05) is 18.2 Å². The summed E-state index contributed by atoms with van der Waals surface area (Å²) >= 11 is 1.53. The third-order valence-corrected chi connectivity index (χ3v) is 7.92. The Kier molecular flexibility index (Phi) is 6.99. The number of amides is 1. The molecule has 5 rings (SSSR count). The lowest BCUT2D eigenvalue weighted by atomic mass is 9.80. The highest BCUT2D eigenvalue weighted by Crippen LogP contribution is 2.32. The van der Waals surface area contributed by atoms with Gasteiger partial charge in [-0.3, -0.25) is 9.78 Å². The molecule has 1 aliphatic heterocycles. The number of anilines is 1. The third kappa shape index (κ3) is 5.19. The highest BCUT2D eigenvalue weighted by atomic mass is 32.2. The summed E-state index contributed by atoms with van der Waals surface area (Å²) in [4.78, 5) is 21.7. The molecule has 2 aromatic heterocycles. The molecule has 1 fully saturated rings. The number of aliphatic hydroxyl groups excluding tert-OH is 1. The number of rotatable bonds is 7. The van der Waals surface area contributed by atoms with Crippen LogP contribution >= 0.6 is 11.8 Å². The van der Waals surface area contributed by atoms with E-state index in [1.54, 1.807) is 13.3 Å². The predicted molar refractivity (Wildman–Crippen MR) is 134 cm³/mol. The summed E-state index contributed by atoms with van der Waals surface area (Å²) in [6.07, 6.45) is 6.03. The van der Waals surface area contributed by atoms with Crippen molar-refractivity contribution in [1.82, 2.24) is 15.3 Å². The number of carbonyl (C=O) groups excluding carboxylic acids is 1. The minimum atomic E-state index is -0.374. The Labute approximate surface area is 203 Å². The second kappa shape index (κ2) is 10.3. The molecule has 1 aliphatic carbocycles. The monoisotopic (exact) mass is 478 g/mol. The lowest BCUT2D eigenvalue weighted by Crippen LogP contribution is -2.36. The van der Waals surface area contributed by atoms with Gasteiger partial charge in [0.2, 0.25) is 5.91 Å². The van der Waals surface area contributed by atoms with Crippen molar-refractivity contribution in [3.63, 3.8) is 0 Å². The Morgan fingerprint density at radius 3 is 2.91 bits per heavy atom. The van der Waals surface area contributed by atoms with Gasteiger partial charge in [-0.1, -0.05) is 12.1 Å². The van der Waals surface area contributed by atoms with E-state index in [0.29, 0.717) is 36.5 Å². The number of hydrogen-bond acceptors (Lipinski definition) is 7. The topological polar surface area (TPSA) is 96.4 Å². The van der Waals surface area contributed by atoms with Gasteiger partial charge in [0, 0.05) is 18.0 Å². The summed E-state index contributed by atoms with van der Waals surface area (Å²) in [6.45, 7) is 0.677. The maximum absolute atomic E-state index is 11.6. The van der Waals surface area contributed by atoms with E-state index < -0.39 is 0 Å². The Hall–Kier alpha value is -2.68. The first-order valence-corrected chi connectivity index (χ1v) is 12.8. The van der Waals surface area contributed by atoms with Crippen LogP contribution < -0.4 is 15.4 Å². The van der Waals surface area contributed by atoms with Crippen LogP contribution in [0.2, 0.25) is 0 Å². The van der Waals surface area contributed by atoms with Crippen LogP contribution in [0, 0.1) is 5.92 Å². The number of methoxy groups -OCH3 is 1. The molecule has 2 aliphatic rings. The zero-order chi connectivity index (χ0) is 23.5. The predicted octanol–water partition coefficient (Wildman–Crippen LogP) is 3.93. The highest BCUT2D eigenvalue weighted by molar-refractivity contribution is 8.00. The molecule has 8 heteroatoms. The average Bonchev–Trinajstić information content (AvgIpc) is 2.87. The van der Waals surface area contributed by atoms with Gasteiger partial charge in [0.1, 0.15) is 11.6 Å². The van der Waals surface area contributed by atoms with E-state index in [9.17, 15) is 9.90 Å². The first-order chi connectivity index (χ1) is 16.6. The van der Waals surface area contributed by atoms with Crippen LogP contribution in [-0.2, 0) is 17.8 Å². The molecule has 7 nitrogen and oxygen atoms in total. The molecule has 34 heavy (non-hydrogen) atoms. The summed E-state index contributed by atoms with van der Waals surface area (Å²) in [5.74, 6) is 2.16. The Bertz CT molecular complexity index is 1180. The molecule has 0 spiro atoms. The third-order valence-electron chi connectivity index (χ3n) is 6.88. The van der Waals surface area contributed by atoms with Gasteiger partial charge in [0.05, 0.1) is 41.3 Å². The average molecular weight is 479 g/mol. The molecule has 1 aromatic carbocycles. The van der Waals surface area contributed by atoms with Crippen molar-refractivity contribution in [3.8, 4) is 5.75 Å². The zero-order valence-electron chi connectivity index (χ0n) is 19.3. The first-order valence-electron chi connectivity index (χ1n) is 11.8. The number of ether oxygens (including phenoxy) is 1. The second-order valence-electron chi connectivity index (χ2n) is 9.11. The Morgan fingerprint density at radius 1 is 1.24 bits per heavy atom. The van der Waals surface area contributed by atoms with E-state index in [2.05, 4.69) is 26.7 Å². The minimum absolute atomic E-state index is 0.00545. The van der Waals surface area contributed by atoms with Gasteiger partial charge in [-0.25, -0.2) is 4.98 Å². The summed E-state index contributed by atoms with van der Waals surface area (Å²) in [5.41, 5.74) is 2.97. The Morgan fingerprint density at radius 2 is 2.09 bits per heavy atom. The molecule has 3 N–H and O–H groups in total. The fourth-order valence-electron chi connectivity index (χ4n) is 4.93. The Balaban J connectivity index is 1.14. The van der Waals surface area contributed by atoms with Crippen molar-refractivity contribution in [2.24, 2.45) is 5.92 Å². The second-order valence-corrected chi connectivity index (χ2v) is 10.1. The lowest BCUT2D eigenvalue weighted by Gasteiger charge is -2.32. The summed E-state index contributed by atoms with van der Waals surface area (Å²) in [6, 6.07) is 12.6. The van der Waals surface area contributed by atoms with E-state index in [4.69, 9.17) is 4.74 Å². The van der Waals surface area contributed by atoms with Crippen molar-refractivity contribution in [1.29, 1.82) is 0 Å². The number of nitrogens with one attached hydrogen (secondary N) is 2. The number of benzene rings is 1. The van der Waals surface area contributed by atoms with Crippen LogP contribution in [0.5, 0.6) is 5.75 Å². The number of carbonyl (C=O) groups is 1. The van der Waals surface area contributed by atoms with Gasteiger partial charge in [-0.2, -0.15) is 0 Å². The summed E-state index contributed by atoms with van der Waals surface area (Å²) < 4.78 is 5.34. The van der Waals surface area contributed by atoms with Crippen LogP contribution in [0.15, 0.2) is 47.5 Å². The van der Waals surface area contributed by atoms with Gasteiger partial charge in [-0.05, 0) is 67.9 Å². The van der Waals surface area contributed by atoms with Crippen LogP contribution in [0.1, 0.15) is 36.9 Å². The molecular weight excluding hydrogens is 448 g/mol. The minimum Gasteiger partial charge on any atom is -0.495 e. The molecule has 1 atom stereocenters.